The third-order valence-corrected chi connectivity index (χ3v) is 4.72. The van der Waals surface area contributed by atoms with Crippen molar-refractivity contribution in [3.8, 4) is 17.2 Å². The van der Waals surface area contributed by atoms with Gasteiger partial charge in [0.2, 0.25) is 0 Å². The zero-order chi connectivity index (χ0) is 19.8. The van der Waals surface area contributed by atoms with Crippen LogP contribution in [0.4, 0.5) is 0 Å². The van der Waals surface area contributed by atoms with Crippen LogP contribution in [-0.4, -0.2) is 33.8 Å². The number of ether oxygens (including phenoxy) is 3. The van der Waals surface area contributed by atoms with Crippen LogP contribution in [0.25, 0.3) is 0 Å². The van der Waals surface area contributed by atoms with Crippen molar-refractivity contribution in [3.05, 3.63) is 53.6 Å². The van der Waals surface area contributed by atoms with Crippen LogP contribution in [0.2, 0.25) is 0 Å². The molecule has 1 aliphatic carbocycles. The number of guanidine groups is 1. The van der Waals surface area contributed by atoms with Gasteiger partial charge in [0.25, 0.3) is 0 Å². The summed E-state index contributed by atoms with van der Waals surface area (Å²) in [5.41, 5.74) is 2.20. The first-order chi connectivity index (χ1) is 13.7. The van der Waals surface area contributed by atoms with Crippen LogP contribution < -0.4 is 24.8 Å². The molecule has 1 fully saturated rings. The molecule has 150 valence electrons. The molecular formula is C22H29N3O3. The molecule has 3 rings (SSSR count). The topological polar surface area (TPSA) is 64.1 Å². The van der Waals surface area contributed by atoms with Crippen molar-refractivity contribution in [3.63, 3.8) is 0 Å². The van der Waals surface area contributed by atoms with Crippen LogP contribution in [-0.2, 0) is 13.1 Å². The Bertz CT molecular complexity index is 803. The molecule has 28 heavy (non-hydrogen) atoms. The minimum absolute atomic E-state index is 0.625. The average Bonchev–Trinajstić information content (AvgIpc) is 3.57. The molecular weight excluding hydrogens is 354 g/mol. The summed E-state index contributed by atoms with van der Waals surface area (Å²) in [7, 11) is 5.03. The lowest BCUT2D eigenvalue weighted by atomic mass is 10.2. The molecule has 2 N–H and O–H groups in total. The van der Waals surface area contributed by atoms with Crippen molar-refractivity contribution in [1.82, 2.24) is 10.6 Å². The van der Waals surface area contributed by atoms with Crippen molar-refractivity contribution in [1.29, 1.82) is 0 Å². The van der Waals surface area contributed by atoms with Crippen molar-refractivity contribution < 1.29 is 14.2 Å². The maximum atomic E-state index is 5.98. The number of nitrogens with zero attached hydrogens (tertiary/aromatic N) is 1. The zero-order valence-corrected chi connectivity index (χ0v) is 16.8. The van der Waals surface area contributed by atoms with Crippen LogP contribution >= 0.6 is 0 Å². The molecule has 0 radical (unpaired) electrons. The zero-order valence-electron chi connectivity index (χ0n) is 16.8. The van der Waals surface area contributed by atoms with Crippen LogP contribution in [0.15, 0.2) is 47.5 Å². The molecule has 6 heteroatoms. The van der Waals surface area contributed by atoms with E-state index < -0.39 is 0 Å². The van der Waals surface area contributed by atoms with E-state index in [0.29, 0.717) is 18.8 Å². The van der Waals surface area contributed by atoms with Gasteiger partial charge in [0, 0.05) is 25.7 Å². The highest BCUT2D eigenvalue weighted by Gasteiger charge is 2.22. The number of benzene rings is 2. The first-order valence-electron chi connectivity index (χ1n) is 9.59. The minimum Gasteiger partial charge on any atom is -0.493 e. The van der Waals surface area contributed by atoms with Gasteiger partial charge < -0.3 is 24.8 Å². The van der Waals surface area contributed by atoms with Gasteiger partial charge in [-0.3, -0.25) is 4.99 Å². The smallest absolute Gasteiger partial charge is 0.191 e. The highest BCUT2D eigenvalue weighted by Crippen LogP contribution is 2.30. The fourth-order valence-corrected chi connectivity index (χ4v) is 2.86. The van der Waals surface area contributed by atoms with Gasteiger partial charge in [-0.1, -0.05) is 24.3 Å². The molecule has 2 aromatic carbocycles. The lowest BCUT2D eigenvalue weighted by molar-refractivity contribution is 0.296. The Kier molecular flexibility index (Phi) is 7.00. The molecule has 0 aromatic heterocycles. The Balaban J connectivity index is 1.54. The van der Waals surface area contributed by atoms with Gasteiger partial charge in [-0.2, -0.15) is 0 Å². The number of aliphatic imine (C=N–C) groups is 1. The molecule has 0 atom stereocenters. The van der Waals surface area contributed by atoms with Gasteiger partial charge in [0.1, 0.15) is 5.75 Å². The van der Waals surface area contributed by atoms with Gasteiger partial charge in [-0.15, -0.1) is 0 Å². The van der Waals surface area contributed by atoms with Crippen LogP contribution in [0.5, 0.6) is 17.2 Å². The average molecular weight is 383 g/mol. The van der Waals surface area contributed by atoms with E-state index in [-0.39, 0.29) is 0 Å². The predicted octanol–water partition coefficient (Wildman–Crippen LogP) is 3.36. The quantitative estimate of drug-likeness (QED) is 0.514. The van der Waals surface area contributed by atoms with Crippen molar-refractivity contribution in [2.24, 2.45) is 10.9 Å². The van der Waals surface area contributed by atoms with Gasteiger partial charge in [0.15, 0.2) is 17.5 Å². The number of hydrogen-bond acceptors (Lipinski definition) is 4. The molecule has 0 spiro atoms. The van der Waals surface area contributed by atoms with Crippen molar-refractivity contribution >= 4 is 5.96 Å². The Morgan fingerprint density at radius 2 is 1.71 bits per heavy atom. The summed E-state index contributed by atoms with van der Waals surface area (Å²) in [4.78, 5) is 4.31. The van der Waals surface area contributed by atoms with Gasteiger partial charge >= 0.3 is 0 Å². The summed E-state index contributed by atoms with van der Waals surface area (Å²) in [5.74, 6) is 3.84. The van der Waals surface area contributed by atoms with Crippen LogP contribution in [0.3, 0.4) is 0 Å². The van der Waals surface area contributed by atoms with E-state index in [9.17, 15) is 0 Å². The maximum absolute atomic E-state index is 5.98. The molecule has 0 aliphatic heterocycles. The SMILES string of the molecule is CN=C(NCc1ccc(OC)c(OC)c1)NCc1ccccc1OCC1CC1. The molecule has 6 nitrogen and oxygen atoms in total. The van der Waals surface area contributed by atoms with Crippen LogP contribution in [0.1, 0.15) is 24.0 Å². The minimum atomic E-state index is 0.625. The fraction of sp³-hybridized carbons (Fsp3) is 0.409. The summed E-state index contributed by atoms with van der Waals surface area (Å²) in [6.45, 7) is 2.08. The third kappa shape index (κ3) is 5.55. The fourth-order valence-electron chi connectivity index (χ4n) is 2.86. The molecule has 2 aromatic rings. The number of rotatable bonds is 9. The van der Waals surface area contributed by atoms with E-state index in [1.54, 1.807) is 21.3 Å². The van der Waals surface area contributed by atoms with Gasteiger partial charge in [-0.05, 0) is 42.5 Å². The van der Waals surface area contributed by atoms with Gasteiger partial charge in [0.05, 0.1) is 20.8 Å². The first-order valence-corrected chi connectivity index (χ1v) is 9.59. The highest BCUT2D eigenvalue weighted by molar-refractivity contribution is 5.79. The molecule has 0 bridgehead atoms. The lowest BCUT2D eigenvalue weighted by Gasteiger charge is -2.15. The Labute approximate surface area is 166 Å². The standard InChI is InChI=1S/C22H29N3O3/c1-23-22(24-13-17-10-11-20(26-2)21(12-17)27-3)25-14-18-6-4-5-7-19(18)28-15-16-8-9-16/h4-7,10-12,16H,8-9,13-15H2,1-3H3,(H2,23,24,25). The molecule has 0 saturated heterocycles. The Morgan fingerprint density at radius 3 is 2.43 bits per heavy atom. The number of nitrogens with one attached hydrogen (secondary N) is 2. The van der Waals surface area contributed by atoms with E-state index in [4.69, 9.17) is 14.2 Å². The Hall–Kier alpha value is -2.89. The summed E-state index contributed by atoms with van der Waals surface area (Å²) in [6.07, 6.45) is 2.57. The van der Waals surface area contributed by atoms with Crippen molar-refractivity contribution in [2.45, 2.75) is 25.9 Å². The normalized spacial score (nSPS) is 13.8. The van der Waals surface area contributed by atoms with Gasteiger partial charge in [-0.25, -0.2) is 0 Å². The van der Waals surface area contributed by atoms with E-state index in [1.807, 2.05) is 36.4 Å². The van der Waals surface area contributed by atoms with E-state index in [0.717, 1.165) is 41.1 Å². The summed E-state index contributed by atoms with van der Waals surface area (Å²) >= 11 is 0. The van der Waals surface area contributed by atoms with Crippen molar-refractivity contribution in [2.75, 3.05) is 27.9 Å². The lowest BCUT2D eigenvalue weighted by Crippen LogP contribution is -2.36. The molecule has 1 saturated carbocycles. The monoisotopic (exact) mass is 383 g/mol. The van der Waals surface area contributed by atoms with E-state index in [2.05, 4.69) is 21.7 Å². The molecule has 1 aliphatic rings. The summed E-state index contributed by atoms with van der Waals surface area (Å²) < 4.78 is 16.6. The highest BCUT2D eigenvalue weighted by atomic mass is 16.5. The summed E-state index contributed by atoms with van der Waals surface area (Å²) in [6, 6.07) is 14.0. The predicted molar refractivity (Wildman–Crippen MR) is 111 cm³/mol. The second-order valence-electron chi connectivity index (χ2n) is 6.83. The summed E-state index contributed by atoms with van der Waals surface area (Å²) in [5, 5.41) is 6.68. The number of hydrogen-bond donors (Lipinski definition) is 2. The molecule has 0 unspecified atom stereocenters. The first kappa shape index (κ1) is 19.9. The largest absolute Gasteiger partial charge is 0.493 e. The number of methoxy groups -OCH3 is 2. The third-order valence-electron chi connectivity index (χ3n) is 4.72. The second kappa shape index (κ2) is 9.88. The second-order valence-corrected chi connectivity index (χ2v) is 6.83. The number of para-hydroxylation sites is 1. The Morgan fingerprint density at radius 1 is 0.964 bits per heavy atom. The van der Waals surface area contributed by atoms with E-state index >= 15 is 0 Å². The maximum Gasteiger partial charge on any atom is 0.191 e. The van der Waals surface area contributed by atoms with Crippen LogP contribution in [0, 0.1) is 5.92 Å². The molecule has 0 heterocycles. The molecule has 0 amide bonds. The van der Waals surface area contributed by atoms with E-state index in [1.165, 1.54) is 12.8 Å².